The Morgan fingerprint density at radius 1 is 0.833 bits per heavy atom. The fourth-order valence-electron chi connectivity index (χ4n) is 4.41. The summed E-state index contributed by atoms with van der Waals surface area (Å²) in [5, 5.41) is 2.85. The van der Waals surface area contributed by atoms with E-state index in [2.05, 4.69) is 38.1 Å². The minimum atomic E-state index is 0.361. The average molecular weight is 331 g/mol. The molecule has 0 amide bonds. The van der Waals surface area contributed by atoms with E-state index in [0.29, 0.717) is 12.2 Å². The van der Waals surface area contributed by atoms with Crippen LogP contribution in [-0.2, 0) is 9.47 Å². The molecule has 24 heavy (non-hydrogen) atoms. The molecule has 4 aliphatic rings. The van der Waals surface area contributed by atoms with Gasteiger partial charge in [0.05, 0.1) is 25.4 Å². The first-order valence-electron chi connectivity index (χ1n) is 10.2. The van der Waals surface area contributed by atoms with E-state index in [1.54, 1.807) is 0 Å². The zero-order chi connectivity index (χ0) is 16.8. The summed E-state index contributed by atoms with van der Waals surface area (Å²) in [7, 11) is 0. The van der Waals surface area contributed by atoms with Crippen LogP contribution in [0.4, 0.5) is 0 Å². The molecule has 2 heteroatoms. The van der Waals surface area contributed by atoms with Crippen LogP contribution in [0.2, 0.25) is 0 Å². The molecule has 1 heterocycles. The third-order valence-corrected chi connectivity index (χ3v) is 5.93. The molecule has 1 aliphatic heterocycles. The highest BCUT2D eigenvalue weighted by atomic mass is 16.6. The van der Waals surface area contributed by atoms with Gasteiger partial charge in [0, 0.05) is 0 Å². The summed E-state index contributed by atoms with van der Waals surface area (Å²) in [6.45, 7) is 6.19. The van der Waals surface area contributed by atoms with Gasteiger partial charge in [0.2, 0.25) is 0 Å². The van der Waals surface area contributed by atoms with E-state index in [1.165, 1.54) is 55.4 Å². The first-order valence-corrected chi connectivity index (χ1v) is 10.2. The van der Waals surface area contributed by atoms with Crippen molar-refractivity contribution in [3.8, 4) is 0 Å². The number of rotatable bonds is 5. The highest BCUT2D eigenvalue weighted by Crippen LogP contribution is 2.37. The molecular weight excluding hydrogens is 296 g/mol. The SMILES string of the molecule is CCCC1COC(C2CCCCC2CCC)CO1.c1cc2ccc1=2. The first-order chi connectivity index (χ1) is 11.8. The number of ether oxygens (including phenoxy) is 2. The van der Waals surface area contributed by atoms with Crippen LogP contribution in [0.3, 0.4) is 0 Å². The normalized spacial score (nSPS) is 31.1. The Labute approximate surface area is 147 Å². The van der Waals surface area contributed by atoms with Crippen molar-refractivity contribution < 1.29 is 9.47 Å². The van der Waals surface area contributed by atoms with E-state index in [0.717, 1.165) is 31.5 Å². The Balaban J connectivity index is 0.000000231. The van der Waals surface area contributed by atoms with Crippen LogP contribution >= 0.6 is 0 Å². The Hall–Kier alpha value is -0.860. The van der Waals surface area contributed by atoms with Crippen molar-refractivity contribution in [2.75, 3.05) is 13.2 Å². The molecule has 4 rings (SSSR count). The summed E-state index contributed by atoms with van der Waals surface area (Å²) in [4.78, 5) is 0. The van der Waals surface area contributed by atoms with Gasteiger partial charge in [-0.15, -0.1) is 0 Å². The van der Waals surface area contributed by atoms with Gasteiger partial charge in [-0.25, -0.2) is 0 Å². The second-order valence-corrected chi connectivity index (χ2v) is 7.69. The molecule has 2 fully saturated rings. The third-order valence-electron chi connectivity index (χ3n) is 5.93. The second kappa shape index (κ2) is 9.01. The van der Waals surface area contributed by atoms with Gasteiger partial charge in [-0.05, 0) is 35.1 Å². The molecule has 134 valence electrons. The molecule has 0 spiro atoms. The van der Waals surface area contributed by atoms with Crippen molar-refractivity contribution >= 4 is 0 Å². The van der Waals surface area contributed by atoms with Crippen molar-refractivity contribution in [3.05, 3.63) is 34.7 Å². The van der Waals surface area contributed by atoms with E-state index < -0.39 is 0 Å². The van der Waals surface area contributed by atoms with E-state index in [1.807, 2.05) is 0 Å². The fraction of sp³-hybridized carbons (Fsp3) is 0.727. The van der Waals surface area contributed by atoms with Crippen molar-refractivity contribution in [2.45, 2.75) is 77.4 Å². The van der Waals surface area contributed by atoms with Gasteiger partial charge in [-0.2, -0.15) is 0 Å². The summed E-state index contributed by atoms with van der Waals surface area (Å²) in [5.41, 5.74) is 0. The second-order valence-electron chi connectivity index (χ2n) is 7.69. The van der Waals surface area contributed by atoms with Gasteiger partial charge in [-0.3, -0.25) is 0 Å². The maximum absolute atomic E-state index is 6.13. The van der Waals surface area contributed by atoms with Crippen molar-refractivity contribution in [1.29, 1.82) is 0 Å². The lowest BCUT2D eigenvalue weighted by Gasteiger charge is -2.40. The highest BCUT2D eigenvalue weighted by molar-refractivity contribution is 5.22. The molecule has 3 aliphatic carbocycles. The summed E-state index contributed by atoms with van der Waals surface area (Å²) in [5.74, 6) is 1.65. The van der Waals surface area contributed by atoms with Crippen molar-refractivity contribution in [1.82, 2.24) is 0 Å². The maximum Gasteiger partial charge on any atom is 0.0840 e. The topological polar surface area (TPSA) is 18.5 Å². The smallest absolute Gasteiger partial charge is 0.0840 e. The summed E-state index contributed by atoms with van der Waals surface area (Å²) >= 11 is 0. The predicted molar refractivity (Wildman–Crippen MR) is 98.9 cm³/mol. The van der Waals surface area contributed by atoms with Crippen LogP contribution in [0.5, 0.6) is 0 Å². The van der Waals surface area contributed by atoms with E-state index in [-0.39, 0.29) is 0 Å². The molecule has 4 atom stereocenters. The molecule has 4 unspecified atom stereocenters. The summed E-state index contributed by atoms with van der Waals surface area (Å²) in [6.07, 6.45) is 11.4. The Morgan fingerprint density at radius 2 is 1.50 bits per heavy atom. The minimum absolute atomic E-state index is 0.361. The predicted octanol–water partition coefficient (Wildman–Crippen LogP) is 5.46. The van der Waals surface area contributed by atoms with Crippen LogP contribution < -0.4 is 0 Å². The lowest BCUT2D eigenvalue weighted by Crippen LogP contribution is -2.43. The van der Waals surface area contributed by atoms with Gasteiger partial charge >= 0.3 is 0 Å². The largest absolute Gasteiger partial charge is 0.373 e. The molecule has 2 nitrogen and oxygen atoms in total. The molecule has 0 aromatic heterocycles. The maximum atomic E-state index is 6.13. The highest BCUT2D eigenvalue weighted by Gasteiger charge is 2.34. The molecular formula is C22H34O2. The molecule has 0 bridgehead atoms. The molecule has 0 aromatic rings. The lowest BCUT2D eigenvalue weighted by molar-refractivity contribution is -0.163. The standard InChI is InChI=1S/C16H30O2.C6H4/c1-3-7-13-9-5-6-10-15(13)16-12-17-14(8-4-2)11-18-16;1-2-6-4-3-5(1)6/h13-16H,3-12H2,1-2H3;1-4H. The Kier molecular flexibility index (Phi) is 6.74. The number of hydrogen-bond acceptors (Lipinski definition) is 2. The first kappa shape index (κ1) is 17.9. The van der Waals surface area contributed by atoms with Crippen LogP contribution in [0.1, 0.15) is 65.2 Å². The molecule has 1 saturated carbocycles. The van der Waals surface area contributed by atoms with Crippen molar-refractivity contribution in [2.24, 2.45) is 11.8 Å². The van der Waals surface area contributed by atoms with Gasteiger partial charge in [-0.1, -0.05) is 76.6 Å². The van der Waals surface area contributed by atoms with Crippen LogP contribution in [-0.4, -0.2) is 25.4 Å². The van der Waals surface area contributed by atoms with Gasteiger partial charge < -0.3 is 9.47 Å². The van der Waals surface area contributed by atoms with Gasteiger partial charge in [0.1, 0.15) is 0 Å². The Bertz CT molecular complexity index is 522. The molecule has 0 N–H and O–H groups in total. The van der Waals surface area contributed by atoms with Crippen LogP contribution in [0, 0.1) is 22.3 Å². The zero-order valence-corrected chi connectivity index (χ0v) is 15.5. The number of benzene rings is 1. The van der Waals surface area contributed by atoms with Gasteiger partial charge in [0.25, 0.3) is 0 Å². The number of hydrogen-bond donors (Lipinski definition) is 0. The minimum Gasteiger partial charge on any atom is -0.373 e. The molecule has 0 aromatic carbocycles. The fourth-order valence-corrected chi connectivity index (χ4v) is 4.41. The van der Waals surface area contributed by atoms with Gasteiger partial charge in [0.15, 0.2) is 0 Å². The van der Waals surface area contributed by atoms with E-state index in [9.17, 15) is 0 Å². The summed E-state index contributed by atoms with van der Waals surface area (Å²) < 4.78 is 12.1. The van der Waals surface area contributed by atoms with E-state index >= 15 is 0 Å². The monoisotopic (exact) mass is 330 g/mol. The van der Waals surface area contributed by atoms with Crippen molar-refractivity contribution in [3.63, 3.8) is 0 Å². The molecule has 0 radical (unpaired) electrons. The quantitative estimate of drug-likeness (QED) is 0.724. The zero-order valence-electron chi connectivity index (χ0n) is 15.5. The Morgan fingerprint density at radius 3 is 2.00 bits per heavy atom. The van der Waals surface area contributed by atoms with E-state index in [4.69, 9.17) is 9.47 Å². The van der Waals surface area contributed by atoms with Crippen LogP contribution in [0.25, 0.3) is 0 Å². The van der Waals surface area contributed by atoms with Crippen LogP contribution in [0.15, 0.2) is 24.3 Å². The average Bonchev–Trinajstić information content (AvgIpc) is 2.60. The lowest BCUT2D eigenvalue weighted by atomic mass is 9.74. The molecule has 1 saturated heterocycles. The third kappa shape index (κ3) is 4.40. The summed E-state index contributed by atoms with van der Waals surface area (Å²) in [6, 6.07) is 8.48.